The van der Waals surface area contributed by atoms with Crippen LogP contribution < -0.4 is 0 Å². The molecule has 0 aliphatic heterocycles. The molecule has 5 heteroatoms. The van der Waals surface area contributed by atoms with E-state index in [1.165, 1.54) is 34.0 Å². The van der Waals surface area contributed by atoms with Crippen molar-refractivity contribution in [3.8, 4) is 0 Å². The summed E-state index contributed by atoms with van der Waals surface area (Å²) in [7, 11) is 6.63. The maximum atomic E-state index is 4.85. The first kappa shape index (κ1) is 33.2. The van der Waals surface area contributed by atoms with Crippen LogP contribution in [0.5, 0.6) is 0 Å². The van der Waals surface area contributed by atoms with Crippen molar-refractivity contribution in [2.45, 2.75) is 207 Å². The van der Waals surface area contributed by atoms with Gasteiger partial charge >= 0.3 is 268 Å². The van der Waals surface area contributed by atoms with Crippen LogP contribution in [-0.4, -0.2) is 39.4 Å². The average molecular weight is 719 g/mol. The Morgan fingerprint density at radius 1 is 0.475 bits per heavy atom. The summed E-state index contributed by atoms with van der Waals surface area (Å²) < 4.78 is 0. The van der Waals surface area contributed by atoms with Crippen LogP contribution in [0.1, 0.15) is 168 Å². The zero-order valence-electron chi connectivity index (χ0n) is 26.2. The quantitative estimate of drug-likeness (QED) is 0.126. The second-order valence-corrected chi connectivity index (χ2v) is 29.0. The Morgan fingerprint density at radius 3 is 0.800 bits per heavy atom. The van der Waals surface area contributed by atoms with Crippen LogP contribution in [0.4, 0.5) is 0 Å². The van der Waals surface area contributed by atoms with Crippen molar-refractivity contribution in [1.82, 2.24) is 0 Å². The fourth-order valence-electron chi connectivity index (χ4n) is 13.1. The molecule has 0 spiro atoms. The van der Waals surface area contributed by atoms with Crippen molar-refractivity contribution in [3.63, 3.8) is 0 Å². The molecule has 0 saturated heterocycles. The zero-order chi connectivity index (χ0) is 28.0. The van der Waals surface area contributed by atoms with Crippen molar-refractivity contribution in [2.24, 2.45) is 0 Å². The van der Waals surface area contributed by atoms with Gasteiger partial charge in [0.05, 0.1) is 0 Å². The molecule has 0 unspecified atom stereocenters. The molecular weight excluding hydrogens is 654 g/mol. The minimum atomic E-state index is -1.54. The molecule has 0 atom stereocenters. The molecule has 0 heterocycles. The summed E-state index contributed by atoms with van der Waals surface area (Å²) >= 11 is -0.346. The van der Waals surface area contributed by atoms with Crippen LogP contribution in [0, 0.1) is 0 Å². The minimum absolute atomic E-state index is 0.346. The Balaban J connectivity index is 0.00000103. The molecule has 40 heavy (non-hydrogen) atoms. The molecule has 6 saturated carbocycles. The van der Waals surface area contributed by atoms with Crippen LogP contribution in [0.2, 0.25) is 0 Å². The van der Waals surface area contributed by atoms with E-state index in [-0.39, 0.29) is 15.1 Å². The normalized spacial score (nSPS) is 28.4. The van der Waals surface area contributed by atoms with Crippen LogP contribution in [-0.2, 0) is 15.1 Å². The summed E-state index contributed by atoms with van der Waals surface area (Å²) in [6, 6.07) is 0. The van der Waals surface area contributed by atoms with Gasteiger partial charge in [0.2, 0.25) is 0 Å². The zero-order valence-corrected chi connectivity index (χ0v) is 31.4. The predicted molar refractivity (Wildman–Crippen MR) is 185 cm³/mol. The number of halogens is 2. The molecule has 0 nitrogen and oxygen atoms in total. The average Bonchev–Trinajstić information content (AvgIpc) is 3.81. The molecule has 6 aliphatic carbocycles. The van der Waals surface area contributed by atoms with E-state index in [2.05, 4.69) is 19.9 Å². The Labute approximate surface area is 266 Å². The number of hydrogen-bond donors (Lipinski definition) is 0. The van der Waals surface area contributed by atoms with Crippen LogP contribution >= 0.6 is 33.9 Å². The fourth-order valence-corrected chi connectivity index (χ4v) is 37.6. The van der Waals surface area contributed by atoms with Gasteiger partial charge in [0.25, 0.3) is 0 Å². The SMILES string of the molecule is CC(C)=CC([PH](C1CCCC1)(C1CCCC1)C1CCCC1)[PH](C1CCCC1)(C1CCCC1)C1CCCC1.[Cl][Ru][Cl]. The van der Waals surface area contributed by atoms with E-state index in [1.54, 1.807) is 160 Å². The molecule has 0 aromatic rings. The van der Waals surface area contributed by atoms with Crippen molar-refractivity contribution >= 4 is 33.9 Å². The molecule has 6 aliphatic rings. The third-order valence-electron chi connectivity index (χ3n) is 14.0. The Kier molecular flexibility index (Phi) is 13.2. The number of allylic oxidation sites excluding steroid dienone is 2. The first-order chi connectivity index (χ1) is 19.6. The molecule has 0 amide bonds. The van der Waals surface area contributed by atoms with Gasteiger partial charge in [-0.3, -0.25) is 0 Å². The van der Waals surface area contributed by atoms with Crippen molar-refractivity contribution < 1.29 is 15.1 Å². The Morgan fingerprint density at radius 2 is 0.650 bits per heavy atom. The molecule has 0 aromatic carbocycles. The van der Waals surface area contributed by atoms with Gasteiger partial charge < -0.3 is 0 Å². The van der Waals surface area contributed by atoms with E-state index >= 15 is 0 Å². The Bertz CT molecular complexity index is 640. The molecule has 236 valence electrons. The van der Waals surface area contributed by atoms with Crippen molar-refractivity contribution in [2.75, 3.05) is 0 Å². The van der Waals surface area contributed by atoms with E-state index in [4.69, 9.17) is 19.4 Å². The van der Waals surface area contributed by atoms with Gasteiger partial charge in [0.1, 0.15) is 0 Å². The summed E-state index contributed by atoms with van der Waals surface area (Å²) in [6.45, 7) is 5.11. The van der Waals surface area contributed by atoms with Gasteiger partial charge in [-0.05, 0) is 0 Å². The molecule has 6 rings (SSSR count). The van der Waals surface area contributed by atoms with Crippen molar-refractivity contribution in [3.05, 3.63) is 11.6 Å². The van der Waals surface area contributed by atoms with E-state index in [0.717, 1.165) is 5.40 Å². The van der Waals surface area contributed by atoms with Gasteiger partial charge in [-0.15, -0.1) is 0 Å². The molecule has 0 bridgehead atoms. The molecule has 6 fully saturated rings. The van der Waals surface area contributed by atoms with Gasteiger partial charge in [-0.2, -0.15) is 0 Å². The summed E-state index contributed by atoms with van der Waals surface area (Å²) in [6.07, 6.45) is 42.2. The molecule has 0 N–H and O–H groups in total. The van der Waals surface area contributed by atoms with Crippen LogP contribution in [0.15, 0.2) is 11.6 Å². The van der Waals surface area contributed by atoms with Crippen LogP contribution in [0.3, 0.4) is 0 Å². The van der Waals surface area contributed by atoms with Crippen LogP contribution in [0.25, 0.3) is 0 Å². The summed E-state index contributed by atoms with van der Waals surface area (Å²) in [4.78, 5) is 0. The third-order valence-corrected chi connectivity index (χ3v) is 31.4. The first-order valence-electron chi connectivity index (χ1n) is 18.1. The maximum absolute atomic E-state index is 4.85. The predicted octanol–water partition coefficient (Wildman–Crippen LogP) is 12.8. The Hall–Kier alpha value is 1.80. The second-order valence-electron chi connectivity index (χ2n) is 15.7. The van der Waals surface area contributed by atoms with E-state index in [9.17, 15) is 0 Å². The fraction of sp³-hybridized carbons (Fsp3) is 0.943. The van der Waals surface area contributed by atoms with E-state index < -0.39 is 14.5 Å². The molecular formula is C35H64Cl2P2Ru. The first-order valence-corrected chi connectivity index (χ1v) is 27.2. The standard InChI is InChI=1S/C35H64P2.2ClH.Ru/c1-28(2)27-35(36(29-15-3-4-16-29,30-17-5-6-18-30)31-19-7-8-20-31)37(32-21-9-10-22-32,33-23-11-12-24-33)34-25-13-14-26-34;;;/h27,29-37H,3-26H2,1-2H3;2*1H;/q;;;+2/p-2. The van der Waals surface area contributed by atoms with Gasteiger partial charge in [0, 0.05) is 0 Å². The van der Waals surface area contributed by atoms with E-state index in [1.807, 2.05) is 0 Å². The molecule has 0 radical (unpaired) electrons. The number of hydrogen-bond acceptors (Lipinski definition) is 0. The summed E-state index contributed by atoms with van der Waals surface area (Å²) in [5.74, 6) is 0. The third kappa shape index (κ3) is 6.53. The summed E-state index contributed by atoms with van der Waals surface area (Å²) in [5, 5.41) is 1.16. The summed E-state index contributed by atoms with van der Waals surface area (Å²) in [5.41, 5.74) is 8.98. The van der Waals surface area contributed by atoms with Crippen molar-refractivity contribution in [1.29, 1.82) is 0 Å². The monoisotopic (exact) mass is 718 g/mol. The van der Waals surface area contributed by atoms with Gasteiger partial charge in [-0.25, -0.2) is 0 Å². The number of rotatable bonds is 9. The topological polar surface area (TPSA) is 0 Å². The molecule has 0 aromatic heterocycles. The van der Waals surface area contributed by atoms with Gasteiger partial charge in [0.15, 0.2) is 0 Å². The van der Waals surface area contributed by atoms with Gasteiger partial charge in [-0.1, -0.05) is 0 Å². The van der Waals surface area contributed by atoms with E-state index in [0.29, 0.717) is 0 Å². The second kappa shape index (κ2) is 15.9.